The van der Waals surface area contributed by atoms with Crippen molar-refractivity contribution in [3.63, 3.8) is 0 Å². The van der Waals surface area contributed by atoms with Gasteiger partial charge < -0.3 is 9.47 Å². The number of para-hydroxylation sites is 1. The summed E-state index contributed by atoms with van der Waals surface area (Å²) in [5.41, 5.74) is 6.39. The predicted octanol–water partition coefficient (Wildman–Crippen LogP) is 3.72. The molecule has 0 unspecified atom stereocenters. The van der Waals surface area contributed by atoms with Gasteiger partial charge in [-0.3, -0.25) is 15.6 Å². The number of benzene rings is 2. The van der Waals surface area contributed by atoms with Crippen LogP contribution in [-0.2, 0) is 0 Å². The fourth-order valence-corrected chi connectivity index (χ4v) is 3.34. The van der Waals surface area contributed by atoms with Crippen LogP contribution in [0.1, 0.15) is 10.4 Å². The van der Waals surface area contributed by atoms with Crippen LogP contribution in [0.5, 0.6) is 11.5 Å². The van der Waals surface area contributed by atoms with E-state index in [1.165, 1.54) is 25.6 Å². The van der Waals surface area contributed by atoms with E-state index < -0.39 is 5.91 Å². The second kappa shape index (κ2) is 6.94. The van der Waals surface area contributed by atoms with E-state index in [9.17, 15) is 4.79 Å². The standard InChI is InChI=1S/C16H14ClN3O3S/c1-22-10-6-4-7-11(23-2)13(10)15(21)19-20-16-18-14-9(17)5-3-8-12(14)24-16/h3-8H,1-2H3,(H,18,20)(H,19,21). The fourth-order valence-electron chi connectivity index (χ4n) is 2.22. The van der Waals surface area contributed by atoms with Crippen LogP contribution in [0.3, 0.4) is 0 Å². The Morgan fingerprint density at radius 3 is 2.42 bits per heavy atom. The molecule has 124 valence electrons. The maximum Gasteiger partial charge on any atom is 0.277 e. The molecule has 0 atom stereocenters. The van der Waals surface area contributed by atoms with Gasteiger partial charge in [-0.2, -0.15) is 0 Å². The lowest BCUT2D eigenvalue weighted by atomic mass is 10.1. The van der Waals surface area contributed by atoms with E-state index in [0.717, 1.165) is 4.70 Å². The molecule has 1 heterocycles. The van der Waals surface area contributed by atoms with E-state index in [4.69, 9.17) is 21.1 Å². The average molecular weight is 364 g/mol. The zero-order valence-corrected chi connectivity index (χ0v) is 14.5. The normalized spacial score (nSPS) is 10.5. The molecule has 0 aliphatic rings. The highest BCUT2D eigenvalue weighted by atomic mass is 35.5. The summed E-state index contributed by atoms with van der Waals surface area (Å²) in [7, 11) is 2.99. The Hall–Kier alpha value is -2.51. The van der Waals surface area contributed by atoms with Crippen molar-refractivity contribution in [2.75, 3.05) is 19.6 Å². The van der Waals surface area contributed by atoms with E-state index in [0.29, 0.717) is 32.7 Å². The van der Waals surface area contributed by atoms with E-state index >= 15 is 0 Å². The molecule has 24 heavy (non-hydrogen) atoms. The Bertz CT molecular complexity index is 875. The second-order valence-electron chi connectivity index (χ2n) is 4.72. The highest BCUT2D eigenvalue weighted by molar-refractivity contribution is 7.22. The molecule has 2 N–H and O–H groups in total. The van der Waals surface area contributed by atoms with Gasteiger partial charge in [0.25, 0.3) is 5.91 Å². The minimum atomic E-state index is -0.394. The first kappa shape index (κ1) is 16.4. The first-order chi connectivity index (χ1) is 11.6. The third-order valence-electron chi connectivity index (χ3n) is 3.31. The minimum Gasteiger partial charge on any atom is -0.496 e. The molecular formula is C16H14ClN3O3S. The molecule has 3 rings (SSSR count). The molecule has 0 aliphatic carbocycles. The molecule has 6 nitrogen and oxygen atoms in total. The third kappa shape index (κ3) is 3.08. The number of methoxy groups -OCH3 is 2. The van der Waals surface area contributed by atoms with Crippen molar-refractivity contribution < 1.29 is 14.3 Å². The lowest BCUT2D eigenvalue weighted by Gasteiger charge is -2.12. The van der Waals surface area contributed by atoms with Crippen LogP contribution in [0.2, 0.25) is 5.02 Å². The monoisotopic (exact) mass is 363 g/mol. The maximum absolute atomic E-state index is 12.5. The third-order valence-corrected chi connectivity index (χ3v) is 4.55. The van der Waals surface area contributed by atoms with E-state index in [1.54, 1.807) is 24.3 Å². The summed E-state index contributed by atoms with van der Waals surface area (Å²) in [6.45, 7) is 0. The van der Waals surface area contributed by atoms with Crippen LogP contribution in [0, 0.1) is 0 Å². The number of ether oxygens (including phenoxy) is 2. The number of carbonyl (C=O) groups excluding carboxylic acids is 1. The van der Waals surface area contributed by atoms with Gasteiger partial charge in [0.1, 0.15) is 22.6 Å². The molecule has 0 aliphatic heterocycles. The highest BCUT2D eigenvalue weighted by Gasteiger charge is 2.18. The summed E-state index contributed by atoms with van der Waals surface area (Å²) >= 11 is 7.49. The smallest absolute Gasteiger partial charge is 0.277 e. The minimum absolute atomic E-state index is 0.300. The lowest BCUT2D eigenvalue weighted by Crippen LogP contribution is -2.30. The molecule has 0 fully saturated rings. The summed E-state index contributed by atoms with van der Waals surface area (Å²) in [4.78, 5) is 16.8. The zero-order valence-electron chi connectivity index (χ0n) is 12.9. The van der Waals surface area contributed by atoms with Crippen molar-refractivity contribution in [3.05, 3.63) is 47.0 Å². The number of nitrogens with zero attached hydrogens (tertiary/aromatic N) is 1. The molecular weight excluding hydrogens is 350 g/mol. The molecule has 8 heteroatoms. The van der Waals surface area contributed by atoms with E-state index in [1.807, 2.05) is 12.1 Å². The lowest BCUT2D eigenvalue weighted by molar-refractivity contribution is 0.0956. The van der Waals surface area contributed by atoms with Gasteiger partial charge in [0.05, 0.1) is 23.9 Å². The molecule has 0 saturated carbocycles. The van der Waals surface area contributed by atoms with Crippen molar-refractivity contribution >= 4 is 44.2 Å². The van der Waals surface area contributed by atoms with Gasteiger partial charge in [-0.15, -0.1) is 0 Å². The number of fused-ring (bicyclic) bond motifs is 1. The van der Waals surface area contributed by atoms with Crippen LogP contribution in [-0.4, -0.2) is 25.1 Å². The number of hydrogen-bond acceptors (Lipinski definition) is 6. The Labute approximate surface area is 147 Å². The second-order valence-corrected chi connectivity index (χ2v) is 6.16. The van der Waals surface area contributed by atoms with Crippen LogP contribution < -0.4 is 20.3 Å². The van der Waals surface area contributed by atoms with Crippen molar-refractivity contribution in [2.45, 2.75) is 0 Å². The van der Waals surface area contributed by atoms with Crippen LogP contribution in [0.25, 0.3) is 10.2 Å². The van der Waals surface area contributed by atoms with Crippen LogP contribution >= 0.6 is 22.9 Å². The van der Waals surface area contributed by atoms with Gasteiger partial charge in [-0.1, -0.05) is 35.1 Å². The number of hydrogen-bond donors (Lipinski definition) is 2. The predicted molar refractivity (Wildman–Crippen MR) is 95.3 cm³/mol. The molecule has 0 spiro atoms. The molecule has 1 aromatic heterocycles. The Morgan fingerprint density at radius 1 is 1.12 bits per heavy atom. The van der Waals surface area contributed by atoms with Gasteiger partial charge in [-0.05, 0) is 24.3 Å². The van der Waals surface area contributed by atoms with Gasteiger partial charge >= 0.3 is 0 Å². The molecule has 0 radical (unpaired) electrons. The van der Waals surface area contributed by atoms with Crippen molar-refractivity contribution in [1.82, 2.24) is 10.4 Å². The number of nitrogens with one attached hydrogen (secondary N) is 2. The molecule has 0 bridgehead atoms. The van der Waals surface area contributed by atoms with Gasteiger partial charge in [0, 0.05) is 0 Å². The van der Waals surface area contributed by atoms with E-state index in [2.05, 4.69) is 15.8 Å². The van der Waals surface area contributed by atoms with Gasteiger partial charge in [0.15, 0.2) is 0 Å². The van der Waals surface area contributed by atoms with Gasteiger partial charge in [0.2, 0.25) is 5.13 Å². The Kier molecular flexibility index (Phi) is 4.73. The number of aromatic nitrogens is 1. The van der Waals surface area contributed by atoms with E-state index in [-0.39, 0.29) is 0 Å². The summed E-state index contributed by atoms with van der Waals surface area (Å²) in [5.74, 6) is 0.441. The zero-order chi connectivity index (χ0) is 17.1. The Balaban J connectivity index is 1.81. The maximum atomic E-state index is 12.5. The van der Waals surface area contributed by atoms with Crippen molar-refractivity contribution in [1.29, 1.82) is 0 Å². The summed E-state index contributed by atoms with van der Waals surface area (Å²) < 4.78 is 11.4. The SMILES string of the molecule is COc1cccc(OC)c1C(=O)NNc1nc2c(Cl)cccc2s1. The number of amides is 1. The van der Waals surface area contributed by atoms with Crippen molar-refractivity contribution in [2.24, 2.45) is 0 Å². The topological polar surface area (TPSA) is 72.5 Å². The number of halogens is 1. The van der Waals surface area contributed by atoms with Gasteiger partial charge in [-0.25, -0.2) is 4.98 Å². The van der Waals surface area contributed by atoms with Crippen LogP contribution in [0.15, 0.2) is 36.4 Å². The quantitative estimate of drug-likeness (QED) is 0.676. The fraction of sp³-hybridized carbons (Fsp3) is 0.125. The van der Waals surface area contributed by atoms with Crippen LogP contribution in [0.4, 0.5) is 5.13 Å². The molecule has 1 amide bonds. The number of carbonyl (C=O) groups is 1. The number of anilines is 1. The number of hydrazine groups is 1. The largest absolute Gasteiger partial charge is 0.496 e. The first-order valence-electron chi connectivity index (χ1n) is 6.96. The molecule has 2 aromatic carbocycles. The summed E-state index contributed by atoms with van der Waals surface area (Å²) in [6, 6.07) is 10.7. The molecule has 3 aromatic rings. The highest BCUT2D eigenvalue weighted by Crippen LogP contribution is 2.31. The number of rotatable bonds is 5. The van der Waals surface area contributed by atoms with Crippen molar-refractivity contribution in [3.8, 4) is 11.5 Å². The summed E-state index contributed by atoms with van der Waals surface area (Å²) in [5, 5.41) is 1.09. The molecule has 0 saturated heterocycles. The summed E-state index contributed by atoms with van der Waals surface area (Å²) in [6.07, 6.45) is 0. The Morgan fingerprint density at radius 2 is 1.79 bits per heavy atom. The number of thiazole rings is 1. The average Bonchev–Trinajstić information content (AvgIpc) is 3.03. The first-order valence-corrected chi connectivity index (χ1v) is 8.16.